The van der Waals surface area contributed by atoms with Crippen molar-refractivity contribution in [1.29, 1.82) is 0 Å². The summed E-state index contributed by atoms with van der Waals surface area (Å²) >= 11 is 0. The maximum atomic E-state index is 13.9. The van der Waals surface area contributed by atoms with Crippen LogP contribution < -0.4 is 21.3 Å². The van der Waals surface area contributed by atoms with Crippen LogP contribution in [0, 0.1) is 10.8 Å². The number of hydrogen-bond donors (Lipinski definition) is 4. The zero-order chi connectivity index (χ0) is 36.0. The first-order chi connectivity index (χ1) is 21.5. The van der Waals surface area contributed by atoms with Crippen molar-refractivity contribution in [1.82, 2.24) is 30.5 Å². The van der Waals surface area contributed by atoms with Crippen molar-refractivity contribution in [2.24, 2.45) is 10.8 Å². The van der Waals surface area contributed by atoms with Gasteiger partial charge in [0.05, 0.1) is 11.8 Å². The number of rotatable bonds is 13. The minimum absolute atomic E-state index is 0.0288. The van der Waals surface area contributed by atoms with Gasteiger partial charge in [-0.3, -0.25) is 19.2 Å². The summed E-state index contributed by atoms with van der Waals surface area (Å²) < 4.78 is 65.2. The molecule has 0 bridgehead atoms. The second-order valence-electron chi connectivity index (χ2n) is 14.1. The fraction of sp³-hybridized carbons (Fsp3) is 0.767. The number of likely N-dealkylation sites (tertiary alicyclic amines) is 1. The summed E-state index contributed by atoms with van der Waals surface area (Å²) in [4.78, 5) is 66.7. The van der Waals surface area contributed by atoms with Crippen LogP contribution in [0.25, 0.3) is 0 Å². The van der Waals surface area contributed by atoms with Gasteiger partial charge in [0.25, 0.3) is 5.91 Å². The lowest BCUT2D eigenvalue weighted by molar-refractivity contribution is -0.147. The molecule has 0 aromatic rings. The van der Waals surface area contributed by atoms with Gasteiger partial charge in [0, 0.05) is 38.6 Å². The Morgan fingerprint density at radius 1 is 0.936 bits per heavy atom. The Morgan fingerprint density at radius 2 is 1.57 bits per heavy atom. The first-order valence-electron chi connectivity index (χ1n) is 15.6. The van der Waals surface area contributed by atoms with Crippen molar-refractivity contribution in [2.75, 3.05) is 31.9 Å². The number of ketones is 1. The fourth-order valence-corrected chi connectivity index (χ4v) is 6.88. The molecule has 2 aliphatic rings. The van der Waals surface area contributed by atoms with E-state index in [0.29, 0.717) is 19.4 Å². The molecule has 4 atom stereocenters. The molecule has 1 unspecified atom stereocenters. The summed E-state index contributed by atoms with van der Waals surface area (Å²) in [5, 5.41) is 9.95. The van der Waals surface area contributed by atoms with Crippen molar-refractivity contribution >= 4 is 39.6 Å². The van der Waals surface area contributed by atoms with Gasteiger partial charge in [-0.1, -0.05) is 47.6 Å². The summed E-state index contributed by atoms with van der Waals surface area (Å²) in [5.74, 6) is -3.94. The Labute approximate surface area is 274 Å². The molecule has 2 fully saturated rings. The van der Waals surface area contributed by atoms with Crippen LogP contribution in [0.5, 0.6) is 0 Å². The Bertz CT molecular complexity index is 1290. The number of nitrogens with zero attached hydrogens (tertiary/aromatic N) is 2. The van der Waals surface area contributed by atoms with E-state index in [1.807, 2.05) is 20.8 Å². The average Bonchev–Trinajstić information content (AvgIpc) is 3.56. The highest BCUT2D eigenvalue weighted by Gasteiger charge is 2.44. The third-order valence-electron chi connectivity index (χ3n) is 8.15. The number of carbonyl (C=O) groups is 5. The SMILES string of the molecule is C=CCNC(=O)C(=O)C(CCC(F)(F)F)NC(=O)[C@@H]1CCCN1C(=O)[C@@H](NC(=O)N[C@H](CN1CCCS1(=O)=O)C(C)(C)C)C(C)(C)C. The van der Waals surface area contributed by atoms with Crippen LogP contribution >= 0.6 is 0 Å². The van der Waals surface area contributed by atoms with Crippen LogP contribution in [0.1, 0.15) is 73.6 Å². The van der Waals surface area contributed by atoms with Gasteiger partial charge in [-0.15, -0.1) is 6.58 Å². The van der Waals surface area contributed by atoms with Crippen LogP contribution in [0.3, 0.4) is 0 Å². The molecule has 5 amide bonds. The number of nitrogens with one attached hydrogen (secondary N) is 4. The molecule has 0 saturated carbocycles. The Hall–Kier alpha value is -3.21. The maximum absolute atomic E-state index is 13.9. The number of amides is 5. The highest BCUT2D eigenvalue weighted by atomic mass is 32.2. The van der Waals surface area contributed by atoms with Crippen LogP contribution in [0.15, 0.2) is 12.7 Å². The van der Waals surface area contributed by atoms with E-state index in [-0.39, 0.29) is 31.8 Å². The molecule has 2 saturated heterocycles. The normalized spacial score (nSPS) is 20.5. The molecule has 268 valence electrons. The van der Waals surface area contributed by atoms with Gasteiger partial charge < -0.3 is 26.2 Å². The number of urea groups is 1. The zero-order valence-corrected chi connectivity index (χ0v) is 28.8. The monoisotopic (exact) mass is 694 g/mol. The number of carbonyl (C=O) groups excluding carboxylic acids is 5. The predicted octanol–water partition coefficient (Wildman–Crippen LogP) is 1.84. The number of hydrogen-bond acceptors (Lipinski definition) is 7. The van der Waals surface area contributed by atoms with Gasteiger partial charge in [0.2, 0.25) is 27.6 Å². The summed E-state index contributed by atoms with van der Waals surface area (Å²) in [6.45, 7) is 14.4. The zero-order valence-electron chi connectivity index (χ0n) is 28.0. The largest absolute Gasteiger partial charge is 0.389 e. The predicted molar refractivity (Wildman–Crippen MR) is 168 cm³/mol. The van der Waals surface area contributed by atoms with E-state index in [4.69, 9.17) is 0 Å². The van der Waals surface area contributed by atoms with E-state index in [9.17, 15) is 45.6 Å². The average molecular weight is 695 g/mol. The molecule has 4 N–H and O–H groups in total. The second-order valence-corrected chi connectivity index (χ2v) is 16.2. The van der Waals surface area contributed by atoms with Crippen LogP contribution in [-0.4, -0.2) is 109 Å². The molecule has 2 rings (SSSR count). The van der Waals surface area contributed by atoms with E-state index in [0.717, 1.165) is 0 Å². The molecule has 0 radical (unpaired) electrons. The first kappa shape index (κ1) is 40.0. The standard InChI is InChI=1S/C30H49F3N6O7S/c1-8-14-34-25(42)22(40)19(12-13-30(31,32)33)35-24(41)20-11-9-16-39(20)26(43)23(29(5,6)7)37-27(44)36-21(28(2,3)4)18-38-15-10-17-47(38,45)46/h8,19-21,23H,1,9-18H2,2-7H3,(H,34,42)(H,35,41)(H2,36,37,44)/t19?,20-,21+,23+/m0/s1. The lowest BCUT2D eigenvalue weighted by Gasteiger charge is -2.37. The Kier molecular flexibility index (Phi) is 13.4. The molecular formula is C30H49F3N6O7S. The molecule has 13 nitrogen and oxygen atoms in total. The van der Waals surface area contributed by atoms with E-state index < -0.39 is 93.6 Å². The van der Waals surface area contributed by atoms with Crippen molar-refractivity contribution < 1.29 is 45.6 Å². The van der Waals surface area contributed by atoms with Gasteiger partial charge in [0.15, 0.2) is 0 Å². The third kappa shape index (κ3) is 11.8. The molecular weight excluding hydrogens is 645 g/mol. The quantitative estimate of drug-likeness (QED) is 0.168. The molecule has 47 heavy (non-hydrogen) atoms. The van der Waals surface area contributed by atoms with Crippen LogP contribution in [0.4, 0.5) is 18.0 Å². The maximum Gasteiger partial charge on any atom is 0.389 e. The Balaban J connectivity index is 2.23. The van der Waals surface area contributed by atoms with Gasteiger partial charge in [0.1, 0.15) is 12.1 Å². The smallest absolute Gasteiger partial charge is 0.346 e. The lowest BCUT2D eigenvalue weighted by Crippen LogP contribution is -2.61. The number of Topliss-reactive ketones (excluding diaryl/α,β-unsaturated/α-hetero) is 1. The number of alkyl halides is 3. The van der Waals surface area contributed by atoms with Crippen molar-refractivity contribution in [3.05, 3.63) is 12.7 Å². The van der Waals surface area contributed by atoms with Gasteiger partial charge >= 0.3 is 12.2 Å². The second kappa shape index (κ2) is 15.8. The van der Waals surface area contributed by atoms with E-state index >= 15 is 0 Å². The molecule has 17 heteroatoms. The van der Waals surface area contributed by atoms with Gasteiger partial charge in [-0.05, 0) is 36.5 Å². The first-order valence-corrected chi connectivity index (χ1v) is 17.2. The fourth-order valence-electron chi connectivity index (χ4n) is 5.34. The number of halogens is 3. The minimum Gasteiger partial charge on any atom is -0.346 e. The molecule has 0 aliphatic carbocycles. The highest BCUT2D eigenvalue weighted by Crippen LogP contribution is 2.28. The highest BCUT2D eigenvalue weighted by molar-refractivity contribution is 7.89. The molecule has 2 heterocycles. The third-order valence-corrected chi connectivity index (χ3v) is 10.1. The lowest BCUT2D eigenvalue weighted by atomic mass is 9.85. The van der Waals surface area contributed by atoms with Gasteiger partial charge in [-0.2, -0.15) is 17.5 Å². The molecule has 2 aliphatic heterocycles. The minimum atomic E-state index is -4.66. The van der Waals surface area contributed by atoms with Gasteiger partial charge in [-0.25, -0.2) is 13.2 Å². The van der Waals surface area contributed by atoms with Crippen molar-refractivity contribution in [3.8, 4) is 0 Å². The van der Waals surface area contributed by atoms with Crippen LogP contribution in [0.2, 0.25) is 0 Å². The molecule has 0 aromatic heterocycles. The Morgan fingerprint density at radius 3 is 2.09 bits per heavy atom. The summed E-state index contributed by atoms with van der Waals surface area (Å²) in [6, 6.07) is -5.47. The summed E-state index contributed by atoms with van der Waals surface area (Å²) in [5.41, 5.74) is -1.43. The van der Waals surface area contributed by atoms with E-state index in [1.165, 1.54) is 15.3 Å². The van der Waals surface area contributed by atoms with E-state index in [1.54, 1.807) is 20.8 Å². The summed E-state index contributed by atoms with van der Waals surface area (Å²) in [6.07, 6.45) is -4.71. The number of sulfonamides is 1. The molecule has 0 aromatic carbocycles. The van der Waals surface area contributed by atoms with E-state index in [2.05, 4.69) is 27.8 Å². The topological polar surface area (TPSA) is 174 Å². The van der Waals surface area contributed by atoms with Crippen molar-refractivity contribution in [3.63, 3.8) is 0 Å². The molecule has 0 spiro atoms. The summed E-state index contributed by atoms with van der Waals surface area (Å²) in [7, 11) is -3.44. The van der Waals surface area contributed by atoms with Crippen molar-refractivity contribution in [2.45, 2.75) is 104 Å². The van der Waals surface area contributed by atoms with Crippen LogP contribution in [-0.2, 0) is 29.2 Å².